The van der Waals surface area contributed by atoms with E-state index in [1.807, 2.05) is 0 Å². The Morgan fingerprint density at radius 2 is 0.877 bits per heavy atom. The lowest BCUT2D eigenvalue weighted by Gasteiger charge is -2.34. The molecular weight excluding hydrogens is 879 g/mol. The molecule has 11 aromatic rings. The number of anilines is 3. The number of rotatable bonds is 8. The van der Waals surface area contributed by atoms with Crippen LogP contribution in [0.3, 0.4) is 0 Å². The van der Waals surface area contributed by atoms with Gasteiger partial charge in [0.15, 0.2) is 0 Å². The zero-order chi connectivity index (χ0) is 49.5. The lowest BCUT2D eigenvalue weighted by molar-refractivity contribution is 0.590. The summed E-state index contributed by atoms with van der Waals surface area (Å²) in [6.45, 7) is 11.6. The fourth-order valence-corrected chi connectivity index (χ4v) is 12.5. The average Bonchev–Trinajstić information content (AvgIpc) is 3.86. The smallest absolute Gasteiger partial charge is 0.0713 e. The van der Waals surface area contributed by atoms with Gasteiger partial charge in [-0.05, 0) is 148 Å². The third-order valence-corrected chi connectivity index (χ3v) is 16.1. The van der Waals surface area contributed by atoms with Gasteiger partial charge in [0.2, 0.25) is 0 Å². The first-order chi connectivity index (χ1) is 35.6. The van der Waals surface area contributed by atoms with Crippen LogP contribution in [0.1, 0.15) is 73.6 Å². The van der Waals surface area contributed by atoms with E-state index >= 15 is 0 Å². The third kappa shape index (κ3) is 7.13. The maximum absolute atomic E-state index is 2.50. The first-order valence-corrected chi connectivity index (χ1v) is 25.8. The van der Waals surface area contributed by atoms with Crippen molar-refractivity contribution < 1.29 is 0 Å². The highest BCUT2D eigenvalue weighted by molar-refractivity contribution is 6.06. The van der Waals surface area contributed by atoms with Gasteiger partial charge in [0.1, 0.15) is 0 Å². The van der Waals surface area contributed by atoms with Gasteiger partial charge < -0.3 is 4.90 Å². The van der Waals surface area contributed by atoms with Gasteiger partial charge in [-0.2, -0.15) is 0 Å². The summed E-state index contributed by atoms with van der Waals surface area (Å²) in [5, 5.41) is 2.41. The van der Waals surface area contributed by atoms with Crippen molar-refractivity contribution in [1.29, 1.82) is 0 Å². The summed E-state index contributed by atoms with van der Waals surface area (Å²) in [5.74, 6) is 0. The lowest BCUT2D eigenvalue weighted by Crippen LogP contribution is -2.28. The molecule has 1 heteroatoms. The van der Waals surface area contributed by atoms with Crippen LogP contribution in [0.4, 0.5) is 17.1 Å². The molecule has 0 N–H and O–H groups in total. The van der Waals surface area contributed by atoms with Crippen molar-refractivity contribution in [2.24, 2.45) is 0 Å². The van der Waals surface area contributed by atoms with Gasteiger partial charge in [0.25, 0.3) is 0 Å². The van der Waals surface area contributed by atoms with Gasteiger partial charge in [0.05, 0.1) is 11.1 Å². The number of benzene rings is 11. The first kappa shape index (κ1) is 44.4. The number of hydrogen-bond donors (Lipinski definition) is 0. The highest BCUT2D eigenvalue weighted by Crippen LogP contribution is 2.58. The standard InChI is InChI=1S/C72H57N/c1-70(2,3)54-37-31-48(32-38-54)49-33-39-57(40-34-49)73(58-41-43-66-63(47-58)61-28-15-17-30-65(61)72(66,55-22-8-6-9-23-55)56-24-10-7-11-25-56)68-44-36-50-19-12-13-26-59(50)69(68)53-21-18-20-51(45-53)52-35-42-62-60-27-14-16-29-64(60)71(4,5)67(62)46-52/h6-47H,1-5H3. The molecule has 0 saturated heterocycles. The van der Waals surface area contributed by atoms with Crippen LogP contribution in [0, 0.1) is 0 Å². The zero-order valence-corrected chi connectivity index (χ0v) is 42.2. The Kier molecular flexibility index (Phi) is 10.4. The van der Waals surface area contributed by atoms with Crippen LogP contribution in [0.25, 0.3) is 66.4 Å². The predicted octanol–water partition coefficient (Wildman–Crippen LogP) is 19.3. The minimum absolute atomic E-state index is 0.0861. The van der Waals surface area contributed by atoms with E-state index in [-0.39, 0.29) is 10.8 Å². The molecule has 2 aliphatic rings. The Bertz CT molecular complexity index is 3850. The molecule has 0 bridgehead atoms. The minimum atomic E-state index is -0.494. The molecule has 0 atom stereocenters. The molecule has 0 aliphatic heterocycles. The Hall–Kier alpha value is -8.52. The molecule has 1 nitrogen and oxygen atoms in total. The van der Waals surface area contributed by atoms with Crippen LogP contribution in [0.2, 0.25) is 0 Å². The van der Waals surface area contributed by atoms with E-state index in [2.05, 4.69) is 294 Å². The van der Waals surface area contributed by atoms with Gasteiger partial charge in [-0.15, -0.1) is 0 Å². The van der Waals surface area contributed by atoms with Gasteiger partial charge >= 0.3 is 0 Å². The predicted molar refractivity (Wildman–Crippen MR) is 309 cm³/mol. The van der Waals surface area contributed by atoms with Crippen LogP contribution >= 0.6 is 0 Å². The van der Waals surface area contributed by atoms with Crippen molar-refractivity contribution in [3.63, 3.8) is 0 Å². The topological polar surface area (TPSA) is 3.24 Å². The van der Waals surface area contributed by atoms with Crippen molar-refractivity contribution in [3.8, 4) is 55.6 Å². The number of nitrogens with zero attached hydrogens (tertiary/aromatic N) is 1. The van der Waals surface area contributed by atoms with Gasteiger partial charge in [-0.1, -0.05) is 247 Å². The maximum Gasteiger partial charge on any atom is 0.0713 e. The highest BCUT2D eigenvalue weighted by Gasteiger charge is 2.46. The fraction of sp³-hybridized carbons (Fsp3) is 0.111. The van der Waals surface area contributed by atoms with Crippen LogP contribution in [-0.4, -0.2) is 0 Å². The Morgan fingerprint density at radius 1 is 0.342 bits per heavy atom. The lowest BCUT2D eigenvalue weighted by atomic mass is 9.68. The molecule has 0 aromatic heterocycles. The van der Waals surface area contributed by atoms with Gasteiger partial charge in [-0.3, -0.25) is 0 Å². The molecule has 0 radical (unpaired) electrons. The third-order valence-electron chi connectivity index (χ3n) is 16.1. The van der Waals surface area contributed by atoms with Crippen molar-refractivity contribution in [1.82, 2.24) is 0 Å². The van der Waals surface area contributed by atoms with Gasteiger partial charge in [0, 0.05) is 22.4 Å². The molecular formula is C72H57N. The van der Waals surface area contributed by atoms with Crippen LogP contribution in [-0.2, 0) is 16.2 Å². The van der Waals surface area contributed by atoms with E-state index in [9.17, 15) is 0 Å². The fourth-order valence-electron chi connectivity index (χ4n) is 12.5. The minimum Gasteiger partial charge on any atom is -0.310 e. The normalized spacial score (nSPS) is 13.8. The van der Waals surface area contributed by atoms with Crippen molar-refractivity contribution in [3.05, 3.63) is 294 Å². The Balaban J connectivity index is 1.02. The summed E-state index contributed by atoms with van der Waals surface area (Å²) in [5.41, 5.74) is 24.4. The molecule has 13 rings (SSSR count). The Labute approximate surface area is 430 Å². The molecule has 0 heterocycles. The van der Waals surface area contributed by atoms with E-state index in [0.29, 0.717) is 0 Å². The largest absolute Gasteiger partial charge is 0.310 e. The van der Waals surface area contributed by atoms with Crippen molar-refractivity contribution >= 4 is 27.8 Å². The van der Waals surface area contributed by atoms with E-state index in [0.717, 1.165) is 17.1 Å². The molecule has 0 unspecified atom stereocenters. The summed E-state index contributed by atoms with van der Waals surface area (Å²) in [6.07, 6.45) is 0. The second-order valence-corrected chi connectivity index (χ2v) is 21.7. The van der Waals surface area contributed by atoms with E-state index in [1.54, 1.807) is 0 Å². The molecule has 0 spiro atoms. The van der Waals surface area contributed by atoms with E-state index < -0.39 is 5.41 Å². The molecule has 0 amide bonds. The molecule has 0 fully saturated rings. The molecule has 0 saturated carbocycles. The van der Waals surface area contributed by atoms with Crippen molar-refractivity contribution in [2.75, 3.05) is 4.90 Å². The molecule has 73 heavy (non-hydrogen) atoms. The summed E-state index contributed by atoms with van der Waals surface area (Å²) < 4.78 is 0. The molecule has 350 valence electrons. The SMILES string of the molecule is CC(C)(C)c1ccc(-c2ccc(N(c3ccc4c(c3)-c3ccccc3C4(c3ccccc3)c3ccccc3)c3ccc4ccccc4c3-c3cccc(-c4ccc5c(c4)C(C)(C)c4ccccc4-5)c3)cc2)cc1. The zero-order valence-electron chi connectivity index (χ0n) is 42.2. The number of hydrogen-bond acceptors (Lipinski definition) is 1. The number of fused-ring (bicyclic) bond motifs is 7. The highest BCUT2D eigenvalue weighted by atomic mass is 15.1. The summed E-state index contributed by atoms with van der Waals surface area (Å²) in [4.78, 5) is 2.50. The second-order valence-electron chi connectivity index (χ2n) is 21.7. The van der Waals surface area contributed by atoms with Crippen molar-refractivity contribution in [2.45, 2.75) is 50.9 Å². The van der Waals surface area contributed by atoms with E-state index in [4.69, 9.17) is 0 Å². The molecule has 11 aromatic carbocycles. The summed E-state index contributed by atoms with van der Waals surface area (Å²) >= 11 is 0. The summed E-state index contributed by atoms with van der Waals surface area (Å²) in [7, 11) is 0. The maximum atomic E-state index is 2.50. The van der Waals surface area contributed by atoms with Gasteiger partial charge in [-0.25, -0.2) is 0 Å². The monoisotopic (exact) mass is 935 g/mol. The van der Waals surface area contributed by atoms with Crippen LogP contribution < -0.4 is 4.90 Å². The summed E-state index contributed by atoms with van der Waals surface area (Å²) in [6, 6.07) is 95.6. The quantitative estimate of drug-likeness (QED) is 0.147. The Morgan fingerprint density at radius 3 is 1.58 bits per heavy atom. The molecule has 2 aliphatic carbocycles. The van der Waals surface area contributed by atoms with Crippen LogP contribution in [0.5, 0.6) is 0 Å². The average molecular weight is 936 g/mol. The van der Waals surface area contributed by atoms with Crippen LogP contribution in [0.15, 0.2) is 255 Å². The van der Waals surface area contributed by atoms with E-state index in [1.165, 1.54) is 105 Å². The first-order valence-electron chi connectivity index (χ1n) is 25.8. The second kappa shape index (κ2) is 17.1.